The maximum Gasteiger partial charge on any atom is 0.325 e. The highest BCUT2D eigenvalue weighted by Crippen LogP contribution is 2.51. The smallest absolute Gasteiger partial charge is 0.325 e. The number of imide groups is 1. The van der Waals surface area contributed by atoms with Gasteiger partial charge in [-0.2, -0.15) is 0 Å². The molecule has 4 unspecified atom stereocenters. The normalized spacial score (nSPS) is 26.8. The van der Waals surface area contributed by atoms with Crippen molar-refractivity contribution in [2.75, 3.05) is 21.3 Å². The van der Waals surface area contributed by atoms with Gasteiger partial charge in [-0.15, -0.1) is 0 Å². The minimum Gasteiger partial charge on any atom is -0.502 e. The van der Waals surface area contributed by atoms with Crippen LogP contribution in [0.1, 0.15) is 17.2 Å². The largest absolute Gasteiger partial charge is 0.502 e. The fourth-order valence-electron chi connectivity index (χ4n) is 4.88. The second-order valence-corrected chi connectivity index (χ2v) is 8.07. The number of aromatic hydroxyl groups is 1. The number of likely N-dealkylation sites (tertiary alicyclic amines) is 1. The lowest BCUT2D eigenvalue weighted by Gasteiger charge is -2.31. The van der Waals surface area contributed by atoms with E-state index in [-0.39, 0.29) is 23.7 Å². The lowest BCUT2D eigenvalue weighted by atomic mass is 9.76. The quantitative estimate of drug-likeness (QED) is 0.575. The Kier molecular flexibility index (Phi) is 5.29. The average Bonchev–Trinajstić information content (AvgIpc) is 3.24. The molecule has 0 bridgehead atoms. The number of fused-ring (bicyclic) bond motifs is 1. The summed E-state index contributed by atoms with van der Waals surface area (Å²) in [6.45, 7) is 0. The van der Waals surface area contributed by atoms with Crippen molar-refractivity contribution in [3.8, 4) is 17.2 Å². The first-order chi connectivity index (χ1) is 15.2. The second kappa shape index (κ2) is 7.83. The molecular weight excluding hydrogens is 416 g/mol. The lowest BCUT2D eigenvalue weighted by Crippen LogP contribution is -2.57. The van der Waals surface area contributed by atoms with E-state index < -0.39 is 41.2 Å². The van der Waals surface area contributed by atoms with Crippen molar-refractivity contribution in [3.05, 3.63) is 53.6 Å². The number of carboxylic acid groups (broad SMARTS) is 1. The van der Waals surface area contributed by atoms with Crippen molar-refractivity contribution >= 4 is 17.8 Å². The van der Waals surface area contributed by atoms with Crippen molar-refractivity contribution in [2.24, 2.45) is 11.8 Å². The fourth-order valence-corrected chi connectivity index (χ4v) is 4.88. The van der Waals surface area contributed by atoms with Crippen molar-refractivity contribution in [2.45, 2.75) is 18.0 Å². The number of methoxy groups -OCH3 is 2. The number of carbonyl (C=O) groups excluding carboxylic acids is 2. The van der Waals surface area contributed by atoms with Gasteiger partial charge in [-0.1, -0.05) is 30.3 Å². The second-order valence-electron chi connectivity index (χ2n) is 8.07. The molecule has 2 aromatic carbocycles. The highest BCUT2D eigenvalue weighted by atomic mass is 16.5. The van der Waals surface area contributed by atoms with Crippen molar-refractivity contribution in [1.29, 1.82) is 0 Å². The molecule has 0 aromatic heterocycles. The molecule has 9 nitrogen and oxygen atoms in total. The van der Waals surface area contributed by atoms with Gasteiger partial charge in [0.25, 0.3) is 0 Å². The summed E-state index contributed by atoms with van der Waals surface area (Å²) in [7, 11) is 4.11. The summed E-state index contributed by atoms with van der Waals surface area (Å²) in [5.41, 5.74) is -0.511. The van der Waals surface area contributed by atoms with Crippen LogP contribution in [0.2, 0.25) is 0 Å². The zero-order valence-electron chi connectivity index (χ0n) is 17.9. The molecule has 0 spiro atoms. The van der Waals surface area contributed by atoms with E-state index in [9.17, 15) is 24.6 Å². The Labute approximate surface area is 184 Å². The zero-order valence-corrected chi connectivity index (χ0v) is 17.9. The van der Waals surface area contributed by atoms with Crippen LogP contribution in [0.5, 0.6) is 17.2 Å². The van der Waals surface area contributed by atoms with Gasteiger partial charge >= 0.3 is 5.97 Å². The van der Waals surface area contributed by atoms with Crippen LogP contribution in [0, 0.1) is 11.8 Å². The highest BCUT2D eigenvalue weighted by Gasteiger charge is 2.67. The van der Waals surface area contributed by atoms with Gasteiger partial charge in [0.05, 0.1) is 26.1 Å². The van der Waals surface area contributed by atoms with E-state index in [0.717, 1.165) is 10.5 Å². The molecule has 32 heavy (non-hydrogen) atoms. The third-order valence-corrected chi connectivity index (χ3v) is 6.44. The summed E-state index contributed by atoms with van der Waals surface area (Å²) in [4.78, 5) is 39.9. The molecule has 9 heteroatoms. The van der Waals surface area contributed by atoms with Gasteiger partial charge in [0, 0.05) is 19.5 Å². The van der Waals surface area contributed by atoms with Crippen LogP contribution in [0.15, 0.2) is 42.5 Å². The van der Waals surface area contributed by atoms with E-state index in [1.54, 1.807) is 24.3 Å². The molecule has 2 amide bonds. The number of aliphatic carboxylic acids is 1. The van der Waals surface area contributed by atoms with Crippen LogP contribution in [-0.2, 0) is 20.8 Å². The van der Waals surface area contributed by atoms with Crippen molar-refractivity contribution in [1.82, 2.24) is 10.2 Å². The molecule has 2 heterocycles. The number of amides is 2. The van der Waals surface area contributed by atoms with Crippen LogP contribution in [0.25, 0.3) is 0 Å². The minimum atomic E-state index is -1.70. The number of phenolic OH excluding ortho intramolecular Hbond substituents is 1. The first kappa shape index (κ1) is 21.6. The topological polar surface area (TPSA) is 125 Å². The van der Waals surface area contributed by atoms with E-state index in [1.165, 1.54) is 33.4 Å². The number of phenols is 1. The molecule has 2 aliphatic heterocycles. The Hall–Kier alpha value is -3.59. The third-order valence-electron chi connectivity index (χ3n) is 6.44. The maximum atomic E-state index is 13.1. The summed E-state index contributed by atoms with van der Waals surface area (Å²) >= 11 is 0. The molecule has 4 atom stereocenters. The molecule has 0 aliphatic carbocycles. The molecule has 3 N–H and O–H groups in total. The predicted octanol–water partition coefficient (Wildman–Crippen LogP) is 1.35. The first-order valence-electron chi connectivity index (χ1n) is 10.1. The third kappa shape index (κ3) is 3.08. The Bertz CT molecular complexity index is 1060. The van der Waals surface area contributed by atoms with Gasteiger partial charge in [-0.3, -0.25) is 24.6 Å². The molecule has 4 rings (SSSR count). The Morgan fingerprint density at radius 1 is 1.09 bits per heavy atom. The molecule has 2 saturated heterocycles. The van der Waals surface area contributed by atoms with Gasteiger partial charge in [0.1, 0.15) is 5.54 Å². The predicted molar refractivity (Wildman–Crippen MR) is 112 cm³/mol. The van der Waals surface area contributed by atoms with E-state index in [2.05, 4.69) is 5.32 Å². The minimum absolute atomic E-state index is 0.0139. The Morgan fingerprint density at radius 3 is 2.22 bits per heavy atom. The van der Waals surface area contributed by atoms with E-state index in [0.29, 0.717) is 5.56 Å². The first-order valence-corrected chi connectivity index (χ1v) is 10.1. The maximum absolute atomic E-state index is 13.1. The molecule has 0 radical (unpaired) electrons. The summed E-state index contributed by atoms with van der Waals surface area (Å²) in [6.07, 6.45) is 0.0139. The standard InChI is InChI=1S/C23H24N2O7/c1-25-20(27)16-17(21(25)28)23(22(29)30,11-12-7-5-4-6-8-12)24-18(16)13-9-14(31-2)19(26)15(10-13)32-3/h4-10,16-18,24,26H,11H2,1-3H3,(H,29,30). The van der Waals surface area contributed by atoms with E-state index in [1.807, 2.05) is 6.07 Å². The number of nitrogens with one attached hydrogen (secondary N) is 1. The Balaban J connectivity index is 1.88. The summed E-state index contributed by atoms with van der Waals surface area (Å²) in [5, 5.41) is 23.7. The van der Waals surface area contributed by atoms with Crippen molar-refractivity contribution < 1.29 is 34.1 Å². The fraction of sp³-hybridized carbons (Fsp3) is 0.348. The number of hydrogen-bond donors (Lipinski definition) is 3. The Morgan fingerprint density at radius 2 is 1.69 bits per heavy atom. The van der Waals surface area contributed by atoms with Gasteiger partial charge in [-0.05, 0) is 23.3 Å². The number of ether oxygens (including phenoxy) is 2. The number of hydrogen-bond acceptors (Lipinski definition) is 7. The number of carboxylic acids is 1. The summed E-state index contributed by atoms with van der Waals surface area (Å²) in [6, 6.07) is 11.2. The monoisotopic (exact) mass is 440 g/mol. The van der Waals surface area contributed by atoms with Crippen LogP contribution in [-0.4, -0.2) is 59.7 Å². The van der Waals surface area contributed by atoms with Gasteiger partial charge in [-0.25, -0.2) is 0 Å². The lowest BCUT2D eigenvalue weighted by molar-refractivity contribution is -0.151. The number of nitrogens with zero attached hydrogens (tertiary/aromatic N) is 1. The molecule has 2 fully saturated rings. The van der Waals surface area contributed by atoms with Gasteiger partial charge in [0.15, 0.2) is 11.5 Å². The average molecular weight is 440 g/mol. The van der Waals surface area contributed by atoms with Crippen molar-refractivity contribution in [3.63, 3.8) is 0 Å². The summed E-state index contributed by atoms with van der Waals surface area (Å²) < 4.78 is 10.5. The van der Waals surface area contributed by atoms with Crippen LogP contribution in [0.3, 0.4) is 0 Å². The molecule has 2 aliphatic rings. The van der Waals surface area contributed by atoms with Gasteiger partial charge in [0.2, 0.25) is 17.6 Å². The number of rotatable bonds is 6. The van der Waals surface area contributed by atoms with Gasteiger partial charge < -0.3 is 19.7 Å². The van der Waals surface area contributed by atoms with E-state index in [4.69, 9.17) is 9.47 Å². The van der Waals surface area contributed by atoms with Crippen LogP contribution in [0.4, 0.5) is 0 Å². The number of carbonyl (C=O) groups is 3. The molecule has 2 aromatic rings. The molecule has 0 saturated carbocycles. The molecule has 168 valence electrons. The summed E-state index contributed by atoms with van der Waals surface area (Å²) in [5.74, 6) is -4.25. The molecular formula is C23H24N2O7. The van der Waals surface area contributed by atoms with E-state index >= 15 is 0 Å². The SMILES string of the molecule is COc1cc(C2NC(Cc3ccccc3)(C(=O)O)C3C(=O)N(C)C(=O)C23)cc(OC)c1O. The highest BCUT2D eigenvalue weighted by molar-refractivity contribution is 6.09. The van der Waals surface area contributed by atoms with Crippen LogP contribution < -0.4 is 14.8 Å². The van der Waals surface area contributed by atoms with Crippen LogP contribution >= 0.6 is 0 Å². The number of benzene rings is 2. The zero-order chi connectivity index (χ0) is 23.2.